The van der Waals surface area contributed by atoms with Crippen LogP contribution in [0.1, 0.15) is 65.5 Å². The summed E-state index contributed by atoms with van der Waals surface area (Å²) in [6.07, 6.45) is 6.82. The number of rotatable bonds is 5. The van der Waals surface area contributed by atoms with Crippen molar-refractivity contribution in [3.63, 3.8) is 0 Å². The van der Waals surface area contributed by atoms with E-state index in [0.29, 0.717) is 29.3 Å². The van der Waals surface area contributed by atoms with Crippen LogP contribution in [0.25, 0.3) is 78.3 Å². The van der Waals surface area contributed by atoms with E-state index in [2.05, 4.69) is 194 Å². The van der Waals surface area contributed by atoms with Crippen molar-refractivity contribution < 1.29 is 0 Å². The molecule has 1 heterocycles. The van der Waals surface area contributed by atoms with E-state index in [1.54, 1.807) is 11.1 Å². The molecule has 3 nitrogen and oxygen atoms in total. The lowest BCUT2D eigenvalue weighted by Crippen LogP contribution is -2.59. The molecular weight excluding hydrogens is 835 g/mol. The Hall–Kier alpha value is -7.75. The molecule has 0 atom stereocenters. The quantitative estimate of drug-likeness (QED) is 0.173. The Morgan fingerprint density at radius 1 is 0.290 bits per heavy atom. The molecule has 0 unspecified atom stereocenters. The molecule has 6 aliphatic carbocycles. The predicted molar refractivity (Wildman–Crippen MR) is 280 cm³/mol. The Labute approximate surface area is 403 Å². The van der Waals surface area contributed by atoms with E-state index < -0.39 is 5.41 Å². The molecule has 328 valence electrons. The maximum atomic E-state index is 5.29. The Kier molecular flexibility index (Phi) is 8.46. The van der Waals surface area contributed by atoms with E-state index in [4.69, 9.17) is 15.0 Å². The third-order valence-electron chi connectivity index (χ3n) is 17.4. The first-order valence-corrected chi connectivity index (χ1v) is 25.1. The smallest absolute Gasteiger partial charge is 0.164 e. The van der Waals surface area contributed by atoms with Gasteiger partial charge in [-0.2, -0.15) is 0 Å². The zero-order valence-electron chi connectivity index (χ0n) is 38.4. The normalized spacial score (nSPS) is 21.8. The van der Waals surface area contributed by atoms with Crippen molar-refractivity contribution in [1.82, 2.24) is 15.0 Å². The molecule has 0 radical (unpaired) electrons. The summed E-state index contributed by atoms with van der Waals surface area (Å²) in [6.45, 7) is 0. The van der Waals surface area contributed by atoms with E-state index >= 15 is 0 Å². The summed E-state index contributed by atoms with van der Waals surface area (Å²) in [5, 5.41) is 2.31. The van der Waals surface area contributed by atoms with E-state index in [0.717, 1.165) is 39.5 Å². The van der Waals surface area contributed by atoms with Crippen LogP contribution in [-0.4, -0.2) is 15.0 Å². The van der Waals surface area contributed by atoms with Crippen LogP contribution in [0.2, 0.25) is 0 Å². The van der Waals surface area contributed by atoms with Crippen LogP contribution in [0.5, 0.6) is 0 Å². The minimum atomic E-state index is -0.445. The molecule has 10 aromatic rings. The third kappa shape index (κ3) is 5.53. The van der Waals surface area contributed by atoms with Crippen molar-refractivity contribution in [2.75, 3.05) is 0 Å². The standard InChI is InChI=1S/C66H49N3/c1-3-15-43(16-4-1)44-27-29-46(30-28-44)63-67-62(45-17-5-2-6-18-45)68-64(69-63)55-33-32-50(51-19-7-8-20-52(51)55)47-31-34-60-61(40-47)66(56-23-11-9-21-53(56)54-22-10-12-24-57(54)66)59-26-14-13-25-58(59)65(60)48-36-41-35-42(38-48)39-49(65)37-41/h1-34,40-42,48-49H,35-39H2. The van der Waals surface area contributed by atoms with Gasteiger partial charge in [0.05, 0.1) is 5.41 Å². The average molecular weight is 884 g/mol. The van der Waals surface area contributed by atoms with Crippen molar-refractivity contribution in [2.24, 2.45) is 23.7 Å². The van der Waals surface area contributed by atoms with Crippen molar-refractivity contribution in [1.29, 1.82) is 0 Å². The van der Waals surface area contributed by atoms with Crippen molar-refractivity contribution in [3.05, 3.63) is 246 Å². The van der Waals surface area contributed by atoms with Gasteiger partial charge in [0.2, 0.25) is 0 Å². The van der Waals surface area contributed by atoms with Crippen LogP contribution in [0.15, 0.2) is 212 Å². The monoisotopic (exact) mass is 883 g/mol. The summed E-state index contributed by atoms with van der Waals surface area (Å²) in [5.74, 6) is 5.01. The minimum absolute atomic E-state index is 0.00372. The zero-order valence-corrected chi connectivity index (χ0v) is 38.4. The lowest BCUT2D eigenvalue weighted by atomic mass is 9.38. The van der Waals surface area contributed by atoms with Crippen LogP contribution >= 0.6 is 0 Å². The SMILES string of the molecule is c1ccc(-c2ccc(-c3nc(-c4ccccc4)nc(-c4ccc(-c5ccc6c(c5)C5(c7ccccc7-c7ccccc75)c5ccccc5C65C6CC7CC(C6)CC5C7)c5ccccc45)n3)cc2)cc1. The lowest BCUT2D eigenvalue weighted by molar-refractivity contribution is -0.0440. The second-order valence-electron chi connectivity index (χ2n) is 20.6. The first-order chi connectivity index (χ1) is 34.2. The second-order valence-corrected chi connectivity index (χ2v) is 20.6. The van der Waals surface area contributed by atoms with Crippen LogP contribution in [0.4, 0.5) is 0 Å². The van der Waals surface area contributed by atoms with Crippen LogP contribution in [0.3, 0.4) is 0 Å². The Morgan fingerprint density at radius 2 is 0.725 bits per heavy atom. The molecule has 4 fully saturated rings. The number of hydrogen-bond donors (Lipinski definition) is 0. The molecule has 69 heavy (non-hydrogen) atoms. The van der Waals surface area contributed by atoms with Gasteiger partial charge in [0, 0.05) is 22.1 Å². The maximum Gasteiger partial charge on any atom is 0.164 e. The summed E-state index contributed by atoms with van der Waals surface area (Å²) in [4.78, 5) is 15.6. The highest BCUT2D eigenvalue weighted by molar-refractivity contribution is 6.04. The van der Waals surface area contributed by atoms with Gasteiger partial charge in [-0.05, 0) is 145 Å². The Morgan fingerprint density at radius 3 is 1.36 bits per heavy atom. The molecule has 3 heteroatoms. The van der Waals surface area contributed by atoms with Gasteiger partial charge < -0.3 is 0 Å². The predicted octanol–water partition coefficient (Wildman–Crippen LogP) is 15.8. The minimum Gasteiger partial charge on any atom is -0.208 e. The van der Waals surface area contributed by atoms with E-state index in [-0.39, 0.29) is 5.41 Å². The number of aromatic nitrogens is 3. The highest BCUT2D eigenvalue weighted by Gasteiger charge is 2.64. The molecule has 2 spiro atoms. The molecule has 1 aromatic heterocycles. The Bertz CT molecular complexity index is 3610. The number of fused-ring (bicyclic) bond motifs is 10. The first-order valence-electron chi connectivity index (χ1n) is 25.1. The molecule has 0 N–H and O–H groups in total. The van der Waals surface area contributed by atoms with Crippen molar-refractivity contribution in [2.45, 2.75) is 42.9 Å². The van der Waals surface area contributed by atoms with Gasteiger partial charge in [-0.25, -0.2) is 15.0 Å². The van der Waals surface area contributed by atoms with Gasteiger partial charge in [-0.15, -0.1) is 0 Å². The molecule has 0 amide bonds. The fraction of sp³-hybridized carbons (Fsp3) is 0.167. The largest absolute Gasteiger partial charge is 0.208 e. The van der Waals surface area contributed by atoms with Crippen LogP contribution in [0, 0.1) is 23.7 Å². The summed E-state index contributed by atoms with van der Waals surface area (Å²) in [7, 11) is 0. The molecule has 4 saturated carbocycles. The van der Waals surface area contributed by atoms with Gasteiger partial charge in [0.1, 0.15) is 0 Å². The Balaban J connectivity index is 0.940. The summed E-state index contributed by atoms with van der Waals surface area (Å²) >= 11 is 0. The second kappa shape index (κ2) is 14.9. The van der Waals surface area contributed by atoms with E-state index in [1.165, 1.54) is 87.6 Å². The summed E-state index contributed by atoms with van der Waals surface area (Å²) in [5.41, 5.74) is 18.9. The van der Waals surface area contributed by atoms with E-state index in [1.807, 2.05) is 18.2 Å². The van der Waals surface area contributed by atoms with Crippen LogP contribution in [-0.2, 0) is 10.8 Å². The van der Waals surface area contributed by atoms with E-state index in [9.17, 15) is 0 Å². The molecule has 0 aliphatic heterocycles. The molecule has 6 aliphatic rings. The topological polar surface area (TPSA) is 38.7 Å². The summed E-state index contributed by atoms with van der Waals surface area (Å²) < 4.78 is 0. The van der Waals surface area contributed by atoms with Crippen molar-refractivity contribution >= 4 is 10.8 Å². The summed E-state index contributed by atoms with van der Waals surface area (Å²) in [6, 6.07) is 78.9. The van der Waals surface area contributed by atoms with Gasteiger partial charge in [0.15, 0.2) is 17.5 Å². The van der Waals surface area contributed by atoms with Gasteiger partial charge in [-0.3, -0.25) is 0 Å². The average Bonchev–Trinajstić information content (AvgIpc) is 3.71. The number of hydrogen-bond acceptors (Lipinski definition) is 3. The first kappa shape index (κ1) is 39.3. The molecule has 16 rings (SSSR count). The van der Waals surface area contributed by atoms with Gasteiger partial charge >= 0.3 is 0 Å². The maximum absolute atomic E-state index is 5.29. The molecule has 0 saturated heterocycles. The van der Waals surface area contributed by atoms with Crippen molar-refractivity contribution in [3.8, 4) is 67.5 Å². The number of benzene rings is 9. The van der Waals surface area contributed by atoms with Gasteiger partial charge in [0.25, 0.3) is 0 Å². The van der Waals surface area contributed by atoms with Gasteiger partial charge in [-0.1, -0.05) is 200 Å². The highest BCUT2D eigenvalue weighted by Crippen LogP contribution is 2.71. The zero-order chi connectivity index (χ0) is 45.3. The highest BCUT2D eigenvalue weighted by atomic mass is 15.0. The van der Waals surface area contributed by atoms with Crippen LogP contribution < -0.4 is 0 Å². The lowest BCUT2D eigenvalue weighted by Gasteiger charge is -2.65. The molecule has 4 bridgehead atoms. The fourth-order valence-corrected chi connectivity index (χ4v) is 15.0. The third-order valence-corrected chi connectivity index (χ3v) is 17.4. The number of nitrogens with zero attached hydrogens (tertiary/aromatic N) is 3. The molecular formula is C66H49N3. The molecule has 9 aromatic carbocycles. The fourth-order valence-electron chi connectivity index (χ4n) is 15.0.